The largest absolute Gasteiger partial charge is 0.377 e. The molecule has 0 aromatic carbocycles. The lowest BCUT2D eigenvalue weighted by molar-refractivity contribution is -0.126. The molecule has 0 bridgehead atoms. The van der Waals surface area contributed by atoms with E-state index in [2.05, 4.69) is 4.74 Å². The van der Waals surface area contributed by atoms with E-state index in [0.29, 0.717) is 6.54 Å². The van der Waals surface area contributed by atoms with E-state index in [1.54, 1.807) is 0 Å². The Bertz CT molecular complexity index is 99.8. The first kappa shape index (κ1) is 9.59. The Balaban J connectivity index is 3.65. The Morgan fingerprint density at radius 3 is 2.60 bits per heavy atom. The van der Waals surface area contributed by atoms with E-state index in [0.717, 1.165) is 6.42 Å². The standard InChI is InChI=1S/C7H15NO2/c1-3-6(4-8)7(9)5-10-2/h6H,3-5,8H2,1-2H3. The fourth-order valence-electron chi connectivity index (χ4n) is 0.786. The van der Waals surface area contributed by atoms with Crippen LogP contribution in [0.4, 0.5) is 0 Å². The third kappa shape index (κ3) is 2.94. The minimum absolute atomic E-state index is 0.0139. The summed E-state index contributed by atoms with van der Waals surface area (Å²) in [5.74, 6) is 0.0902. The van der Waals surface area contributed by atoms with E-state index in [4.69, 9.17) is 5.73 Å². The molecule has 0 aliphatic heterocycles. The Hall–Kier alpha value is -0.410. The van der Waals surface area contributed by atoms with Gasteiger partial charge in [-0.2, -0.15) is 0 Å². The summed E-state index contributed by atoms with van der Waals surface area (Å²) in [5, 5.41) is 0. The van der Waals surface area contributed by atoms with E-state index in [1.165, 1.54) is 7.11 Å². The second kappa shape index (κ2) is 5.38. The Morgan fingerprint density at radius 1 is 1.70 bits per heavy atom. The molecule has 10 heavy (non-hydrogen) atoms. The molecule has 0 heterocycles. The Morgan fingerprint density at radius 2 is 2.30 bits per heavy atom. The molecular weight excluding hydrogens is 130 g/mol. The molecule has 0 amide bonds. The normalized spacial score (nSPS) is 13.1. The molecule has 60 valence electrons. The summed E-state index contributed by atoms with van der Waals surface area (Å²) in [6.07, 6.45) is 0.804. The van der Waals surface area contributed by atoms with Crippen LogP contribution in [0.3, 0.4) is 0 Å². The van der Waals surface area contributed by atoms with Crippen molar-refractivity contribution in [2.24, 2.45) is 11.7 Å². The predicted molar refractivity (Wildman–Crippen MR) is 39.7 cm³/mol. The van der Waals surface area contributed by atoms with Crippen LogP contribution in [0.2, 0.25) is 0 Å². The van der Waals surface area contributed by atoms with Gasteiger partial charge in [-0.1, -0.05) is 6.92 Å². The number of rotatable bonds is 5. The van der Waals surface area contributed by atoms with Crippen molar-refractivity contribution in [3.63, 3.8) is 0 Å². The highest BCUT2D eigenvalue weighted by Gasteiger charge is 2.12. The highest BCUT2D eigenvalue weighted by molar-refractivity contribution is 5.82. The van der Waals surface area contributed by atoms with Crippen LogP contribution in [0.25, 0.3) is 0 Å². The van der Waals surface area contributed by atoms with Crippen LogP contribution in [0.5, 0.6) is 0 Å². The van der Waals surface area contributed by atoms with Crippen molar-refractivity contribution in [3.05, 3.63) is 0 Å². The van der Waals surface area contributed by atoms with Gasteiger partial charge < -0.3 is 10.5 Å². The van der Waals surface area contributed by atoms with Crippen LogP contribution >= 0.6 is 0 Å². The number of ketones is 1. The average Bonchev–Trinajstić information content (AvgIpc) is 1.91. The zero-order chi connectivity index (χ0) is 7.98. The van der Waals surface area contributed by atoms with Gasteiger partial charge in [-0.15, -0.1) is 0 Å². The molecule has 0 radical (unpaired) electrons. The van der Waals surface area contributed by atoms with Gasteiger partial charge in [0.15, 0.2) is 5.78 Å². The van der Waals surface area contributed by atoms with Crippen LogP contribution in [0, 0.1) is 5.92 Å². The molecule has 0 spiro atoms. The monoisotopic (exact) mass is 145 g/mol. The smallest absolute Gasteiger partial charge is 0.162 e. The molecule has 0 aromatic heterocycles. The SMILES string of the molecule is CCC(CN)C(=O)COC. The summed E-state index contributed by atoms with van der Waals surface area (Å²) in [7, 11) is 1.52. The van der Waals surface area contributed by atoms with Gasteiger partial charge in [0.05, 0.1) is 0 Å². The van der Waals surface area contributed by atoms with E-state index < -0.39 is 0 Å². The topological polar surface area (TPSA) is 52.3 Å². The Labute approximate surface area is 61.5 Å². The molecule has 0 aliphatic carbocycles. The van der Waals surface area contributed by atoms with Crippen molar-refractivity contribution in [2.45, 2.75) is 13.3 Å². The number of carbonyl (C=O) groups is 1. The van der Waals surface area contributed by atoms with Crippen molar-refractivity contribution in [1.29, 1.82) is 0 Å². The molecular formula is C7H15NO2. The first-order valence-electron chi connectivity index (χ1n) is 3.48. The van der Waals surface area contributed by atoms with E-state index >= 15 is 0 Å². The lowest BCUT2D eigenvalue weighted by atomic mass is 10.0. The number of hydrogen-bond donors (Lipinski definition) is 1. The van der Waals surface area contributed by atoms with Crippen LogP contribution in [0.1, 0.15) is 13.3 Å². The molecule has 1 unspecified atom stereocenters. The highest BCUT2D eigenvalue weighted by atomic mass is 16.5. The van der Waals surface area contributed by atoms with Crippen LogP contribution in [-0.2, 0) is 9.53 Å². The van der Waals surface area contributed by atoms with Crippen LogP contribution < -0.4 is 5.73 Å². The van der Waals surface area contributed by atoms with Gasteiger partial charge in [0, 0.05) is 19.6 Å². The third-order valence-corrected chi connectivity index (χ3v) is 1.52. The summed E-state index contributed by atoms with van der Waals surface area (Å²) in [6.45, 7) is 2.57. The molecule has 0 saturated heterocycles. The van der Waals surface area contributed by atoms with Crippen molar-refractivity contribution in [3.8, 4) is 0 Å². The summed E-state index contributed by atoms with van der Waals surface area (Å²) in [5.41, 5.74) is 5.34. The van der Waals surface area contributed by atoms with Gasteiger partial charge in [0.25, 0.3) is 0 Å². The predicted octanol–water partition coefficient (Wildman–Crippen LogP) is 0.187. The van der Waals surface area contributed by atoms with Gasteiger partial charge in [0.2, 0.25) is 0 Å². The summed E-state index contributed by atoms with van der Waals surface area (Å²) in [4.78, 5) is 11.0. The second-order valence-electron chi connectivity index (χ2n) is 2.24. The number of methoxy groups -OCH3 is 1. The number of hydrogen-bond acceptors (Lipinski definition) is 3. The molecule has 2 N–H and O–H groups in total. The van der Waals surface area contributed by atoms with Crippen LogP contribution in [-0.4, -0.2) is 26.0 Å². The molecule has 0 saturated carbocycles. The fourth-order valence-corrected chi connectivity index (χ4v) is 0.786. The number of carbonyl (C=O) groups excluding carboxylic acids is 1. The molecule has 1 atom stereocenters. The number of Topliss-reactive ketones (excluding diaryl/α,β-unsaturated/α-hetero) is 1. The maximum absolute atomic E-state index is 11.0. The highest BCUT2D eigenvalue weighted by Crippen LogP contribution is 2.00. The lowest BCUT2D eigenvalue weighted by Crippen LogP contribution is -2.25. The van der Waals surface area contributed by atoms with Gasteiger partial charge in [-0.05, 0) is 6.42 Å². The quantitative estimate of drug-likeness (QED) is 0.600. The Kier molecular flexibility index (Phi) is 5.16. The maximum atomic E-state index is 11.0. The summed E-state index contributed by atoms with van der Waals surface area (Å²) in [6, 6.07) is 0. The molecule has 0 fully saturated rings. The van der Waals surface area contributed by atoms with Crippen molar-refractivity contribution in [2.75, 3.05) is 20.3 Å². The first-order valence-corrected chi connectivity index (χ1v) is 3.48. The molecule has 0 aromatic rings. The number of ether oxygens (including phenoxy) is 1. The van der Waals surface area contributed by atoms with E-state index in [1.807, 2.05) is 6.92 Å². The summed E-state index contributed by atoms with van der Waals surface area (Å²) < 4.78 is 4.68. The maximum Gasteiger partial charge on any atom is 0.162 e. The average molecular weight is 145 g/mol. The third-order valence-electron chi connectivity index (χ3n) is 1.52. The van der Waals surface area contributed by atoms with Gasteiger partial charge in [0.1, 0.15) is 6.61 Å². The minimum atomic E-state index is -0.0139. The van der Waals surface area contributed by atoms with Crippen molar-refractivity contribution in [1.82, 2.24) is 0 Å². The summed E-state index contributed by atoms with van der Waals surface area (Å²) >= 11 is 0. The fraction of sp³-hybridized carbons (Fsp3) is 0.857. The van der Waals surface area contributed by atoms with Gasteiger partial charge in [-0.25, -0.2) is 0 Å². The minimum Gasteiger partial charge on any atom is -0.377 e. The zero-order valence-corrected chi connectivity index (χ0v) is 6.59. The van der Waals surface area contributed by atoms with Crippen molar-refractivity contribution < 1.29 is 9.53 Å². The van der Waals surface area contributed by atoms with Crippen LogP contribution in [0.15, 0.2) is 0 Å². The lowest BCUT2D eigenvalue weighted by Gasteiger charge is -2.08. The van der Waals surface area contributed by atoms with Gasteiger partial charge >= 0.3 is 0 Å². The van der Waals surface area contributed by atoms with E-state index in [-0.39, 0.29) is 18.3 Å². The van der Waals surface area contributed by atoms with Crippen molar-refractivity contribution >= 4 is 5.78 Å². The molecule has 3 nitrogen and oxygen atoms in total. The second-order valence-corrected chi connectivity index (χ2v) is 2.24. The molecule has 0 aliphatic rings. The number of nitrogens with two attached hydrogens (primary N) is 1. The molecule has 0 rings (SSSR count). The zero-order valence-electron chi connectivity index (χ0n) is 6.59. The van der Waals surface area contributed by atoms with E-state index in [9.17, 15) is 4.79 Å². The first-order chi connectivity index (χ1) is 4.76. The molecule has 3 heteroatoms. The van der Waals surface area contributed by atoms with Gasteiger partial charge in [-0.3, -0.25) is 4.79 Å².